The zero-order valence-electron chi connectivity index (χ0n) is 16.4. The third-order valence-electron chi connectivity index (χ3n) is 4.63. The summed E-state index contributed by atoms with van der Waals surface area (Å²) in [5, 5.41) is 5.98. The lowest BCUT2D eigenvalue weighted by Crippen LogP contribution is -2.29. The van der Waals surface area contributed by atoms with Crippen LogP contribution in [-0.4, -0.2) is 18.5 Å². The Hall–Kier alpha value is -2.97. The predicted octanol–water partition coefficient (Wildman–Crippen LogP) is 4.80. The molecule has 0 spiro atoms. The summed E-state index contributed by atoms with van der Waals surface area (Å²) in [4.78, 5) is 38.6. The number of nitrogens with one attached hydrogen (secondary N) is 1. The molecule has 3 heterocycles. The molecule has 6 nitrogen and oxygen atoms in total. The van der Waals surface area contributed by atoms with E-state index in [1.165, 1.54) is 22.7 Å². The number of aryl methyl sites for hydroxylation is 1. The highest BCUT2D eigenvalue weighted by molar-refractivity contribution is 7.21. The molecule has 30 heavy (non-hydrogen) atoms. The first-order valence-corrected chi connectivity index (χ1v) is 11.1. The van der Waals surface area contributed by atoms with Crippen LogP contribution in [0.5, 0.6) is 0 Å². The zero-order chi connectivity index (χ0) is 21.3. The number of thiophene rings is 2. The van der Waals surface area contributed by atoms with Crippen LogP contribution >= 0.6 is 22.7 Å². The van der Waals surface area contributed by atoms with E-state index in [4.69, 9.17) is 9.15 Å². The first kappa shape index (κ1) is 20.3. The van der Waals surface area contributed by atoms with Crippen LogP contribution in [0.2, 0.25) is 0 Å². The van der Waals surface area contributed by atoms with Gasteiger partial charge in [0.05, 0.1) is 34.0 Å². The van der Waals surface area contributed by atoms with Crippen molar-refractivity contribution in [2.45, 2.75) is 26.3 Å². The second-order valence-electron chi connectivity index (χ2n) is 6.79. The highest BCUT2D eigenvalue weighted by Crippen LogP contribution is 2.32. The third kappa shape index (κ3) is 4.01. The normalized spacial score (nSPS) is 12.2. The summed E-state index contributed by atoms with van der Waals surface area (Å²) in [5.41, 5.74) is 1.05. The Kier molecular flexibility index (Phi) is 5.69. The molecule has 0 radical (unpaired) electrons. The Morgan fingerprint density at radius 2 is 2.03 bits per heavy atom. The van der Waals surface area contributed by atoms with Gasteiger partial charge in [0.1, 0.15) is 5.58 Å². The topological polar surface area (TPSA) is 85.6 Å². The average Bonchev–Trinajstić information content (AvgIpc) is 3.39. The predicted molar refractivity (Wildman–Crippen MR) is 118 cm³/mol. The molecule has 154 valence electrons. The van der Waals surface area contributed by atoms with E-state index in [2.05, 4.69) is 5.32 Å². The first-order chi connectivity index (χ1) is 14.5. The van der Waals surface area contributed by atoms with Gasteiger partial charge in [-0.3, -0.25) is 9.59 Å². The van der Waals surface area contributed by atoms with Crippen LogP contribution < -0.4 is 10.9 Å². The molecule has 1 N–H and O–H groups in total. The highest BCUT2D eigenvalue weighted by atomic mass is 32.1. The van der Waals surface area contributed by atoms with Gasteiger partial charge in [0.25, 0.3) is 5.91 Å². The van der Waals surface area contributed by atoms with Gasteiger partial charge in [0.15, 0.2) is 0 Å². The van der Waals surface area contributed by atoms with Crippen molar-refractivity contribution in [2.75, 3.05) is 6.61 Å². The van der Waals surface area contributed by atoms with Crippen molar-refractivity contribution in [2.24, 2.45) is 0 Å². The number of esters is 1. The highest BCUT2D eigenvalue weighted by Gasteiger charge is 2.23. The number of rotatable bonds is 6. The van der Waals surface area contributed by atoms with E-state index in [9.17, 15) is 14.4 Å². The lowest BCUT2D eigenvalue weighted by atomic mass is 10.1. The minimum atomic E-state index is -0.503. The fourth-order valence-electron chi connectivity index (χ4n) is 3.25. The van der Waals surface area contributed by atoms with Gasteiger partial charge in [-0.15, -0.1) is 22.7 Å². The molecule has 0 saturated carbocycles. The van der Waals surface area contributed by atoms with Gasteiger partial charge in [-0.1, -0.05) is 17.7 Å². The zero-order valence-corrected chi connectivity index (χ0v) is 18.0. The van der Waals surface area contributed by atoms with Gasteiger partial charge in [0.2, 0.25) is 0 Å². The van der Waals surface area contributed by atoms with E-state index in [0.29, 0.717) is 20.5 Å². The lowest BCUT2D eigenvalue weighted by molar-refractivity contribution is -0.143. The van der Waals surface area contributed by atoms with Crippen molar-refractivity contribution in [3.63, 3.8) is 0 Å². The van der Waals surface area contributed by atoms with Crippen molar-refractivity contribution in [1.29, 1.82) is 0 Å². The first-order valence-electron chi connectivity index (χ1n) is 9.43. The summed E-state index contributed by atoms with van der Waals surface area (Å²) in [6, 6.07) is 10.4. The molecule has 1 aromatic carbocycles. The van der Waals surface area contributed by atoms with Crippen LogP contribution in [0.3, 0.4) is 0 Å². The number of fused-ring (bicyclic) bond motifs is 3. The smallest absolute Gasteiger partial charge is 0.345 e. The number of carbonyl (C=O) groups excluding carboxylic acids is 2. The van der Waals surface area contributed by atoms with E-state index in [1.54, 1.807) is 19.1 Å². The molecule has 0 aliphatic rings. The maximum absolute atomic E-state index is 13.0. The second-order valence-corrected chi connectivity index (χ2v) is 8.82. The number of benzene rings is 1. The van der Waals surface area contributed by atoms with Gasteiger partial charge < -0.3 is 14.5 Å². The largest absolute Gasteiger partial charge is 0.466 e. The number of ether oxygens (including phenoxy) is 1. The van der Waals surface area contributed by atoms with Gasteiger partial charge >= 0.3 is 11.6 Å². The van der Waals surface area contributed by atoms with E-state index < -0.39 is 11.7 Å². The van der Waals surface area contributed by atoms with Gasteiger partial charge in [0, 0.05) is 10.3 Å². The average molecular weight is 442 g/mol. The molecule has 0 unspecified atom stereocenters. The van der Waals surface area contributed by atoms with Gasteiger partial charge in [-0.2, -0.15) is 0 Å². The molecule has 4 aromatic rings. The van der Waals surface area contributed by atoms with Gasteiger partial charge in [-0.05, 0) is 43.5 Å². The Morgan fingerprint density at radius 3 is 2.77 bits per heavy atom. The van der Waals surface area contributed by atoms with Crippen LogP contribution in [-0.2, 0) is 9.53 Å². The molecule has 0 fully saturated rings. The van der Waals surface area contributed by atoms with Crippen LogP contribution in [0.1, 0.15) is 39.5 Å². The summed E-state index contributed by atoms with van der Waals surface area (Å²) in [6.07, 6.45) is 0.0370. The quantitative estimate of drug-likeness (QED) is 0.343. The van der Waals surface area contributed by atoms with Crippen molar-refractivity contribution in [1.82, 2.24) is 5.32 Å². The molecule has 8 heteroatoms. The number of amides is 1. The Labute approximate surface area is 180 Å². The second kappa shape index (κ2) is 8.41. The standard InChI is InChI=1S/C22H19NO5S2/c1-3-27-19(24)11-15(17-5-4-8-29-17)23-21(25)18-10-14-20(30-18)13-9-12(2)6-7-16(13)28-22(14)26/h4-10,15H,3,11H2,1-2H3,(H,23,25)/t15-/m0/s1. The minimum absolute atomic E-state index is 0.0370. The molecule has 1 amide bonds. The van der Waals surface area contributed by atoms with Gasteiger partial charge in [-0.25, -0.2) is 4.79 Å². The number of hydrogen-bond acceptors (Lipinski definition) is 7. The van der Waals surface area contributed by atoms with Crippen molar-refractivity contribution >= 4 is 55.6 Å². The van der Waals surface area contributed by atoms with E-state index in [-0.39, 0.29) is 24.9 Å². The number of carbonyl (C=O) groups is 2. The molecule has 0 aliphatic heterocycles. The number of hydrogen-bond donors (Lipinski definition) is 1. The molecular formula is C22H19NO5S2. The van der Waals surface area contributed by atoms with E-state index in [0.717, 1.165) is 15.8 Å². The van der Waals surface area contributed by atoms with Crippen LogP contribution in [0.4, 0.5) is 0 Å². The molecule has 3 aromatic heterocycles. The summed E-state index contributed by atoms with van der Waals surface area (Å²) in [6.45, 7) is 3.98. The maximum Gasteiger partial charge on any atom is 0.345 e. The molecule has 0 bridgehead atoms. The SMILES string of the molecule is CCOC(=O)C[C@H](NC(=O)c1cc2c(=O)oc3ccc(C)cc3c2s1)c1cccs1. The third-order valence-corrected chi connectivity index (χ3v) is 6.78. The molecular weight excluding hydrogens is 422 g/mol. The molecule has 1 atom stereocenters. The lowest BCUT2D eigenvalue weighted by Gasteiger charge is -2.16. The fourth-order valence-corrected chi connectivity index (χ4v) is 5.10. The fraction of sp³-hybridized carbons (Fsp3) is 0.227. The summed E-state index contributed by atoms with van der Waals surface area (Å²) >= 11 is 2.70. The van der Waals surface area contributed by atoms with Crippen LogP contribution in [0.15, 0.2) is 51.0 Å². The molecule has 0 saturated heterocycles. The maximum atomic E-state index is 13.0. The van der Waals surface area contributed by atoms with Crippen molar-refractivity contribution < 1.29 is 18.7 Å². The Bertz CT molecular complexity index is 1290. The minimum Gasteiger partial charge on any atom is -0.466 e. The monoisotopic (exact) mass is 441 g/mol. The summed E-state index contributed by atoms with van der Waals surface area (Å²) < 4.78 is 11.2. The Balaban J connectivity index is 1.68. The van der Waals surface area contributed by atoms with Crippen LogP contribution in [0, 0.1) is 6.92 Å². The molecule has 0 aliphatic carbocycles. The molecule has 4 rings (SSSR count). The Morgan fingerprint density at radius 1 is 1.20 bits per heavy atom. The summed E-state index contributed by atoms with van der Waals surface area (Å²) in [7, 11) is 0. The van der Waals surface area contributed by atoms with Crippen LogP contribution in [0.25, 0.3) is 21.1 Å². The summed E-state index contributed by atoms with van der Waals surface area (Å²) in [5.74, 6) is -0.728. The van der Waals surface area contributed by atoms with Crippen molar-refractivity contribution in [3.05, 3.63) is 67.5 Å². The van der Waals surface area contributed by atoms with E-state index >= 15 is 0 Å². The van der Waals surface area contributed by atoms with E-state index in [1.807, 2.05) is 36.6 Å². The van der Waals surface area contributed by atoms with Crippen molar-refractivity contribution in [3.8, 4) is 0 Å².